The minimum atomic E-state index is -0.0111. The van der Waals surface area contributed by atoms with E-state index in [-0.39, 0.29) is 67.3 Å². The summed E-state index contributed by atoms with van der Waals surface area (Å²) >= 11 is 0. The number of hydrogen-bond acceptors (Lipinski definition) is 17. The van der Waals surface area contributed by atoms with Crippen LogP contribution >= 0.6 is 0 Å². The maximum Gasteiger partial charge on any atom is 0.213 e. The van der Waals surface area contributed by atoms with Gasteiger partial charge in [0, 0.05) is 94.7 Å². The van der Waals surface area contributed by atoms with Gasteiger partial charge in [0.15, 0.2) is 0 Å². The summed E-state index contributed by atoms with van der Waals surface area (Å²) in [6.45, 7) is 85.0. The van der Waals surface area contributed by atoms with E-state index >= 15 is 0 Å². The molecule has 6 N–H and O–H groups in total. The second kappa shape index (κ2) is 45.0. The zero-order chi connectivity index (χ0) is 92.2. The first-order chi connectivity index (χ1) is 56.2. The summed E-state index contributed by atoms with van der Waals surface area (Å²) in [6, 6.07) is 37.0. The van der Waals surface area contributed by atoms with Gasteiger partial charge < -0.3 is 69.8 Å². The molecule has 5 saturated carbocycles. The number of rotatable bonds is 25. The van der Waals surface area contributed by atoms with Crippen LogP contribution in [0.15, 0.2) is 109 Å². The number of nitrogens with one attached hydrogen (secondary N) is 6. The van der Waals surface area contributed by atoms with Crippen molar-refractivity contribution in [1.82, 2.24) is 46.8 Å². The summed E-state index contributed by atoms with van der Waals surface area (Å²) in [5.41, 5.74) is 6.44. The van der Waals surface area contributed by atoms with E-state index in [9.17, 15) is 0 Å². The molecule has 5 aromatic rings. The van der Waals surface area contributed by atoms with Gasteiger partial charge >= 0.3 is 0 Å². The zero-order valence-electron chi connectivity index (χ0n) is 84.8. The molecule has 0 radical (unpaired) electrons. The molecule has 0 bridgehead atoms. The van der Waals surface area contributed by atoms with Crippen molar-refractivity contribution in [3.8, 4) is 40.5 Å². The van der Waals surface area contributed by atoms with E-state index in [4.69, 9.17) is 37.9 Å². The minimum absolute atomic E-state index is 0.0111. The quantitative estimate of drug-likeness (QED) is 0.0325. The standard InChI is InChI=1S/2C19H31NO.2C18H30N2O2.C18H29NO.C14H30N2O/c2*1-18(2,3)13-14-7-9-16(10-8-14)21-17-11-15(12-17)20-19(4,5)6;2*1-17(2,3)12-21-14-7-8-16(19-11-14)22-15-9-13(10-15)20-18(4,5)6;1-17(2,3)13-7-9-15(10-8-13)20-16-11-14(12-16)19-18(4,5)6;1-13(2,3)15-12-7-8-16(11-12)9-10-17-14(4,5)6/h2*7-10,15,17,20H,11-13H2,1-6H3;2*7-8,11,13,15,20H,9-10,12H2,1-6H3;7-10,14,16,19H,11-12H2,1-6H3;12,15H,7-11H2,1-6H3/t;;;;;12-/m.....0/s1. The lowest BCUT2D eigenvalue weighted by Crippen LogP contribution is -2.53. The van der Waals surface area contributed by atoms with Crippen LogP contribution in [-0.4, -0.2) is 160 Å². The Bertz CT molecular complexity index is 3570. The third kappa shape index (κ3) is 47.8. The summed E-state index contributed by atoms with van der Waals surface area (Å²) in [5.74, 6) is 5.96. The predicted octanol–water partition coefficient (Wildman–Crippen LogP) is 23.3. The first-order valence-corrected chi connectivity index (χ1v) is 47.0. The highest BCUT2D eigenvalue weighted by atomic mass is 16.5. The van der Waals surface area contributed by atoms with Crippen LogP contribution in [0.25, 0.3) is 0 Å². The number of likely N-dealkylation sites (tertiary alicyclic amines) is 1. The molecule has 2 aromatic heterocycles. The molecule has 17 nitrogen and oxygen atoms in total. The van der Waals surface area contributed by atoms with Crippen LogP contribution in [0, 0.1) is 21.7 Å². The van der Waals surface area contributed by atoms with Crippen molar-refractivity contribution in [2.75, 3.05) is 39.5 Å². The lowest BCUT2D eigenvalue weighted by molar-refractivity contribution is -0.0111. The molecule has 6 aliphatic rings. The van der Waals surface area contributed by atoms with Gasteiger partial charge in [-0.1, -0.05) is 140 Å². The van der Waals surface area contributed by atoms with Gasteiger partial charge in [-0.15, -0.1) is 0 Å². The zero-order valence-corrected chi connectivity index (χ0v) is 84.8. The van der Waals surface area contributed by atoms with Gasteiger partial charge in [-0.2, -0.15) is 0 Å². The summed E-state index contributed by atoms with van der Waals surface area (Å²) < 4.78 is 47.1. The Hall–Kier alpha value is -5.76. The van der Waals surface area contributed by atoms with Crippen LogP contribution in [-0.2, 0) is 23.0 Å². The third-order valence-corrected chi connectivity index (χ3v) is 20.8. The predicted molar refractivity (Wildman–Crippen MR) is 518 cm³/mol. The second-order valence-electron chi connectivity index (χ2n) is 49.6. The third-order valence-electron chi connectivity index (χ3n) is 20.8. The number of hydrogen-bond donors (Lipinski definition) is 6. The maximum atomic E-state index is 6.04. The fraction of sp³-hybridized carbons (Fsp3) is 0.736. The summed E-state index contributed by atoms with van der Waals surface area (Å²) in [5, 5.41) is 21.7. The first kappa shape index (κ1) is 106. The van der Waals surface area contributed by atoms with E-state index in [2.05, 4.69) is 369 Å². The Morgan fingerprint density at radius 2 is 0.577 bits per heavy atom. The Balaban J connectivity index is 0.000000229. The van der Waals surface area contributed by atoms with Gasteiger partial charge in [-0.25, -0.2) is 9.97 Å². The summed E-state index contributed by atoms with van der Waals surface area (Å²) in [4.78, 5) is 11.2. The topological polar surface area (TPSA) is 175 Å². The van der Waals surface area contributed by atoms with E-state index in [1.807, 2.05) is 24.3 Å². The van der Waals surface area contributed by atoms with Crippen molar-refractivity contribution in [2.45, 2.75) is 444 Å². The average Bonchev–Trinajstić information content (AvgIpc) is 1.33. The van der Waals surface area contributed by atoms with Crippen molar-refractivity contribution < 1.29 is 37.9 Å². The molecule has 0 unspecified atom stereocenters. The highest BCUT2D eigenvalue weighted by Crippen LogP contribution is 2.36. The Morgan fingerprint density at radius 1 is 0.309 bits per heavy atom. The van der Waals surface area contributed by atoms with Crippen LogP contribution in [0.1, 0.15) is 337 Å². The van der Waals surface area contributed by atoms with Crippen molar-refractivity contribution in [1.29, 1.82) is 0 Å². The maximum absolute atomic E-state index is 6.04. The van der Waals surface area contributed by atoms with Crippen LogP contribution < -0.4 is 65.1 Å². The molecule has 123 heavy (non-hydrogen) atoms. The van der Waals surface area contributed by atoms with Crippen LogP contribution in [0.3, 0.4) is 0 Å². The van der Waals surface area contributed by atoms with E-state index < -0.39 is 0 Å². The molecule has 3 heterocycles. The lowest BCUT2D eigenvalue weighted by atomic mass is 9.86. The van der Waals surface area contributed by atoms with Gasteiger partial charge in [0.2, 0.25) is 11.8 Å². The molecule has 698 valence electrons. The average molecular weight is 1710 g/mol. The smallest absolute Gasteiger partial charge is 0.213 e. The number of ether oxygens (including phenoxy) is 8. The summed E-state index contributed by atoms with van der Waals surface area (Å²) in [6.07, 6.45) is 19.4. The second-order valence-corrected chi connectivity index (χ2v) is 49.6. The molecule has 11 rings (SSSR count). The van der Waals surface area contributed by atoms with E-state index in [0.717, 1.165) is 125 Å². The Kier molecular flexibility index (Phi) is 38.8. The van der Waals surface area contributed by atoms with Gasteiger partial charge in [-0.3, -0.25) is 4.90 Å². The van der Waals surface area contributed by atoms with Crippen LogP contribution in [0.2, 0.25) is 0 Å². The molecule has 5 aliphatic carbocycles. The largest absolute Gasteiger partial charge is 0.491 e. The van der Waals surface area contributed by atoms with E-state index in [0.29, 0.717) is 90.4 Å². The van der Waals surface area contributed by atoms with Crippen LogP contribution in [0.5, 0.6) is 40.5 Å². The van der Waals surface area contributed by atoms with E-state index in [1.54, 1.807) is 12.4 Å². The van der Waals surface area contributed by atoms with Crippen molar-refractivity contribution in [2.24, 2.45) is 21.7 Å². The fourth-order valence-corrected chi connectivity index (χ4v) is 15.4. The number of benzene rings is 3. The first-order valence-electron chi connectivity index (χ1n) is 47.0. The van der Waals surface area contributed by atoms with Crippen LogP contribution in [0.4, 0.5) is 0 Å². The molecule has 0 amide bonds. The molecule has 6 fully saturated rings. The molecule has 0 spiro atoms. The molecular formula is C106H181N9O8. The van der Waals surface area contributed by atoms with Gasteiger partial charge in [0.25, 0.3) is 0 Å². The molecule has 3 aromatic carbocycles. The normalized spacial score (nSPS) is 22.7. The van der Waals surface area contributed by atoms with Gasteiger partial charge in [0.05, 0.1) is 37.8 Å². The van der Waals surface area contributed by atoms with E-state index in [1.165, 1.54) is 29.7 Å². The molecule has 1 saturated heterocycles. The van der Waals surface area contributed by atoms with Crippen molar-refractivity contribution >= 4 is 0 Å². The lowest BCUT2D eigenvalue weighted by Gasteiger charge is -2.40. The Labute approximate surface area is 752 Å². The highest BCUT2D eigenvalue weighted by molar-refractivity contribution is 5.33. The minimum Gasteiger partial charge on any atom is -0.491 e. The van der Waals surface area contributed by atoms with Crippen molar-refractivity contribution in [3.05, 3.63) is 126 Å². The monoisotopic (exact) mass is 1710 g/mol. The fourth-order valence-electron chi connectivity index (χ4n) is 15.4. The number of pyridine rings is 2. The van der Waals surface area contributed by atoms with Gasteiger partial charge in [0.1, 0.15) is 59.3 Å². The van der Waals surface area contributed by atoms with Crippen molar-refractivity contribution in [3.63, 3.8) is 0 Å². The van der Waals surface area contributed by atoms with Gasteiger partial charge in [-0.05, 0) is 328 Å². The molecule has 1 atom stereocenters. The summed E-state index contributed by atoms with van der Waals surface area (Å²) in [7, 11) is 0. The molecule has 1 aliphatic heterocycles. The number of aromatic nitrogens is 2. The SMILES string of the molecule is CC(C)(C)COc1ccc(OC2CC(NC(C)(C)C)C2)nc1.CC(C)(C)COc1ccc(OC2CC(NC(C)(C)C)C2)nc1.CC(C)(C)Cc1ccc(OC2CC(NC(C)(C)C)C2)cc1.CC(C)(C)Cc1ccc(OC2CC(NC(C)(C)C)C2)cc1.CC(C)(C)NC1CC(Oc2ccc(C(C)(C)C)cc2)C1.CC(C)(C)N[C@H]1CCN(CCOC(C)(C)C)C1. The number of nitrogens with zero attached hydrogens (tertiary/aromatic N) is 3. The highest BCUT2D eigenvalue weighted by Gasteiger charge is 2.38. The molecular weight excluding hydrogens is 1530 g/mol. The Morgan fingerprint density at radius 3 is 0.821 bits per heavy atom. The molecule has 17 heteroatoms.